The molecule has 2 heterocycles. The molecule has 1 aromatic heterocycles. The minimum atomic E-state index is -0.334. The van der Waals surface area contributed by atoms with E-state index in [-0.39, 0.29) is 5.97 Å². The SMILES string of the molecule is CCC1CCCN(c2nc(C(=O)OC)c(C)s2)C1. The lowest BCUT2D eigenvalue weighted by atomic mass is 9.96. The molecule has 0 radical (unpaired) electrons. The van der Waals surface area contributed by atoms with E-state index in [4.69, 9.17) is 4.74 Å². The van der Waals surface area contributed by atoms with Crippen molar-refractivity contribution in [3.8, 4) is 0 Å². The first-order valence-electron chi connectivity index (χ1n) is 6.46. The minimum absolute atomic E-state index is 0.334. The highest BCUT2D eigenvalue weighted by Crippen LogP contribution is 2.30. The number of thiazole rings is 1. The maximum Gasteiger partial charge on any atom is 0.357 e. The molecule has 0 bridgehead atoms. The van der Waals surface area contributed by atoms with Gasteiger partial charge in [-0.05, 0) is 25.7 Å². The van der Waals surface area contributed by atoms with Gasteiger partial charge in [-0.25, -0.2) is 9.78 Å². The number of rotatable bonds is 3. The number of methoxy groups -OCH3 is 1. The van der Waals surface area contributed by atoms with Gasteiger partial charge in [-0.1, -0.05) is 13.3 Å². The lowest BCUT2D eigenvalue weighted by Gasteiger charge is -2.31. The van der Waals surface area contributed by atoms with Crippen LogP contribution in [-0.2, 0) is 4.74 Å². The number of carbonyl (C=O) groups is 1. The smallest absolute Gasteiger partial charge is 0.357 e. The van der Waals surface area contributed by atoms with E-state index in [0.717, 1.165) is 29.0 Å². The first-order chi connectivity index (χ1) is 8.65. The zero-order valence-corrected chi connectivity index (χ0v) is 12.0. The molecular weight excluding hydrogens is 248 g/mol. The Morgan fingerprint density at radius 1 is 1.61 bits per heavy atom. The van der Waals surface area contributed by atoms with E-state index in [0.29, 0.717) is 5.69 Å². The van der Waals surface area contributed by atoms with Gasteiger partial charge in [0.05, 0.1) is 7.11 Å². The van der Waals surface area contributed by atoms with Crippen molar-refractivity contribution in [2.45, 2.75) is 33.1 Å². The molecule has 1 saturated heterocycles. The van der Waals surface area contributed by atoms with Crippen LogP contribution in [0.15, 0.2) is 0 Å². The first-order valence-corrected chi connectivity index (χ1v) is 7.28. The summed E-state index contributed by atoms with van der Waals surface area (Å²) in [6.45, 7) is 6.27. The normalized spacial score (nSPS) is 19.9. The van der Waals surface area contributed by atoms with Gasteiger partial charge in [0.2, 0.25) is 0 Å². The molecule has 4 nitrogen and oxygen atoms in total. The molecule has 1 aromatic rings. The van der Waals surface area contributed by atoms with E-state index in [1.54, 1.807) is 11.3 Å². The molecular formula is C13H20N2O2S. The second-order valence-corrected chi connectivity index (χ2v) is 5.94. The number of anilines is 1. The van der Waals surface area contributed by atoms with E-state index < -0.39 is 0 Å². The highest BCUT2D eigenvalue weighted by molar-refractivity contribution is 7.15. The second kappa shape index (κ2) is 5.69. The van der Waals surface area contributed by atoms with Crippen LogP contribution >= 0.6 is 11.3 Å². The number of aryl methyl sites for hydroxylation is 1. The average Bonchev–Trinajstić information content (AvgIpc) is 2.80. The molecule has 2 rings (SSSR count). The van der Waals surface area contributed by atoms with Gasteiger partial charge in [0.15, 0.2) is 10.8 Å². The summed E-state index contributed by atoms with van der Waals surface area (Å²) in [6, 6.07) is 0. The van der Waals surface area contributed by atoms with Gasteiger partial charge in [-0.15, -0.1) is 11.3 Å². The minimum Gasteiger partial charge on any atom is -0.464 e. The van der Waals surface area contributed by atoms with Crippen molar-refractivity contribution in [3.63, 3.8) is 0 Å². The zero-order chi connectivity index (χ0) is 13.1. The van der Waals surface area contributed by atoms with Gasteiger partial charge < -0.3 is 9.64 Å². The van der Waals surface area contributed by atoms with Crippen molar-refractivity contribution < 1.29 is 9.53 Å². The number of nitrogens with zero attached hydrogens (tertiary/aromatic N) is 2. The summed E-state index contributed by atoms with van der Waals surface area (Å²) in [5.74, 6) is 0.420. The summed E-state index contributed by atoms with van der Waals surface area (Å²) >= 11 is 1.59. The summed E-state index contributed by atoms with van der Waals surface area (Å²) < 4.78 is 4.75. The van der Waals surface area contributed by atoms with Crippen molar-refractivity contribution in [1.29, 1.82) is 0 Å². The van der Waals surface area contributed by atoms with Gasteiger partial charge in [0.25, 0.3) is 0 Å². The highest BCUT2D eigenvalue weighted by atomic mass is 32.1. The van der Waals surface area contributed by atoms with Gasteiger partial charge >= 0.3 is 5.97 Å². The summed E-state index contributed by atoms with van der Waals surface area (Å²) in [4.78, 5) is 19.2. The zero-order valence-electron chi connectivity index (χ0n) is 11.2. The van der Waals surface area contributed by atoms with Crippen LogP contribution in [0.3, 0.4) is 0 Å². The monoisotopic (exact) mass is 268 g/mol. The molecule has 100 valence electrons. The first kappa shape index (κ1) is 13.3. The quantitative estimate of drug-likeness (QED) is 0.791. The Morgan fingerprint density at radius 2 is 2.39 bits per heavy atom. The predicted octanol–water partition coefficient (Wildman–Crippen LogP) is 2.86. The summed E-state index contributed by atoms with van der Waals surface area (Å²) in [6.07, 6.45) is 3.73. The number of ether oxygens (including phenoxy) is 1. The lowest BCUT2D eigenvalue weighted by Crippen LogP contribution is -2.35. The van der Waals surface area contributed by atoms with E-state index in [2.05, 4.69) is 16.8 Å². The van der Waals surface area contributed by atoms with E-state index in [1.807, 2.05) is 6.92 Å². The van der Waals surface area contributed by atoms with Gasteiger partial charge in [0, 0.05) is 18.0 Å². The molecule has 0 amide bonds. The molecule has 1 atom stereocenters. The summed E-state index contributed by atoms with van der Waals surface area (Å²) in [5.41, 5.74) is 0.469. The molecule has 1 unspecified atom stereocenters. The van der Waals surface area contributed by atoms with Crippen LogP contribution < -0.4 is 4.90 Å². The van der Waals surface area contributed by atoms with Gasteiger partial charge in [-0.3, -0.25) is 0 Å². The largest absolute Gasteiger partial charge is 0.464 e. The molecule has 1 aliphatic heterocycles. The molecule has 1 fully saturated rings. The third-order valence-corrected chi connectivity index (χ3v) is 4.56. The van der Waals surface area contributed by atoms with Crippen LogP contribution in [-0.4, -0.2) is 31.2 Å². The predicted molar refractivity (Wildman–Crippen MR) is 73.4 cm³/mol. The molecule has 0 aliphatic carbocycles. The van der Waals surface area contributed by atoms with Gasteiger partial charge in [-0.2, -0.15) is 0 Å². The van der Waals surface area contributed by atoms with Crippen molar-refractivity contribution >= 4 is 22.4 Å². The fourth-order valence-corrected chi connectivity index (χ4v) is 3.31. The van der Waals surface area contributed by atoms with Crippen molar-refractivity contribution in [2.24, 2.45) is 5.92 Å². The topological polar surface area (TPSA) is 42.4 Å². The molecule has 5 heteroatoms. The number of hydrogen-bond acceptors (Lipinski definition) is 5. The molecule has 0 spiro atoms. The van der Waals surface area contributed by atoms with E-state index >= 15 is 0 Å². The average molecular weight is 268 g/mol. The Hall–Kier alpha value is -1.10. The third-order valence-electron chi connectivity index (χ3n) is 3.53. The Kier molecular flexibility index (Phi) is 4.22. The van der Waals surface area contributed by atoms with Crippen molar-refractivity contribution in [1.82, 2.24) is 4.98 Å². The molecule has 18 heavy (non-hydrogen) atoms. The molecule has 0 N–H and O–H groups in total. The number of aromatic nitrogens is 1. The van der Waals surface area contributed by atoms with E-state index in [1.165, 1.54) is 26.4 Å². The van der Waals surface area contributed by atoms with Crippen molar-refractivity contribution in [2.75, 3.05) is 25.1 Å². The van der Waals surface area contributed by atoms with Gasteiger partial charge in [0.1, 0.15) is 0 Å². The van der Waals surface area contributed by atoms with E-state index in [9.17, 15) is 4.79 Å². The second-order valence-electron chi connectivity index (χ2n) is 4.76. The highest BCUT2D eigenvalue weighted by Gasteiger charge is 2.23. The summed E-state index contributed by atoms with van der Waals surface area (Å²) in [5, 5.41) is 0.964. The van der Waals surface area contributed by atoms with Crippen LogP contribution in [0.5, 0.6) is 0 Å². The fourth-order valence-electron chi connectivity index (χ4n) is 2.38. The molecule has 1 aliphatic rings. The lowest BCUT2D eigenvalue weighted by molar-refractivity contribution is 0.0594. The number of carbonyl (C=O) groups excluding carboxylic acids is 1. The van der Waals surface area contributed by atoms with Crippen LogP contribution in [0.25, 0.3) is 0 Å². The van der Waals surface area contributed by atoms with Crippen LogP contribution in [0.1, 0.15) is 41.6 Å². The number of esters is 1. The number of piperidine rings is 1. The maximum absolute atomic E-state index is 11.6. The standard InChI is InChI=1S/C13H20N2O2S/c1-4-10-6-5-7-15(8-10)13-14-11(9(2)18-13)12(16)17-3/h10H,4-8H2,1-3H3. The van der Waals surface area contributed by atoms with Crippen LogP contribution in [0.4, 0.5) is 5.13 Å². The number of hydrogen-bond donors (Lipinski definition) is 0. The van der Waals surface area contributed by atoms with Crippen molar-refractivity contribution in [3.05, 3.63) is 10.6 Å². The Morgan fingerprint density at radius 3 is 3.06 bits per heavy atom. The summed E-state index contributed by atoms with van der Waals surface area (Å²) in [7, 11) is 1.40. The Labute approximate surface area is 112 Å². The molecule has 0 aromatic carbocycles. The fraction of sp³-hybridized carbons (Fsp3) is 0.692. The Bertz CT molecular complexity index is 431. The maximum atomic E-state index is 11.6. The molecule has 0 saturated carbocycles. The van der Waals surface area contributed by atoms with Crippen LogP contribution in [0, 0.1) is 12.8 Å². The van der Waals surface area contributed by atoms with Crippen LogP contribution in [0.2, 0.25) is 0 Å². The Balaban J connectivity index is 2.16. The third kappa shape index (κ3) is 2.66.